The minimum Gasteiger partial charge on any atom is -0.493 e. The van der Waals surface area contributed by atoms with Gasteiger partial charge in [-0.3, -0.25) is 4.79 Å². The van der Waals surface area contributed by atoms with Crippen LogP contribution in [0.1, 0.15) is 19.4 Å². The maximum atomic E-state index is 11.9. The molecule has 0 aromatic heterocycles. The molecule has 1 amide bonds. The Labute approximate surface area is 131 Å². The molecule has 1 atom stereocenters. The number of nitrogens with one attached hydrogen (secondary N) is 1. The van der Waals surface area contributed by atoms with Crippen LogP contribution in [0.2, 0.25) is 5.02 Å². The Morgan fingerprint density at radius 2 is 2.10 bits per heavy atom. The number of ether oxygens (including phenoxy) is 2. The van der Waals surface area contributed by atoms with Crippen LogP contribution in [0.4, 0.5) is 0 Å². The molecule has 1 aromatic carbocycles. The number of carbonyl (C=O) groups is 1. The van der Waals surface area contributed by atoms with E-state index in [0.717, 1.165) is 12.1 Å². The van der Waals surface area contributed by atoms with E-state index in [1.54, 1.807) is 28.1 Å². The van der Waals surface area contributed by atoms with Crippen molar-refractivity contribution in [1.82, 2.24) is 10.2 Å². The highest BCUT2D eigenvalue weighted by Gasteiger charge is 2.21. The predicted molar refractivity (Wildman–Crippen MR) is 84.2 cm³/mol. The molecular weight excluding hydrogens is 292 g/mol. The number of methoxy groups -OCH3 is 1. The van der Waals surface area contributed by atoms with Gasteiger partial charge in [0.2, 0.25) is 0 Å². The Morgan fingerprint density at radius 3 is 2.62 bits per heavy atom. The van der Waals surface area contributed by atoms with E-state index in [2.05, 4.69) is 5.32 Å². The normalized spacial score (nSPS) is 11.9. The molecule has 6 heteroatoms. The second kappa shape index (κ2) is 8.10. The quantitative estimate of drug-likeness (QED) is 0.839. The third-order valence-electron chi connectivity index (χ3n) is 2.95. The molecule has 0 aliphatic heterocycles. The number of amides is 1. The Hall–Kier alpha value is -1.46. The van der Waals surface area contributed by atoms with Crippen molar-refractivity contribution in [2.75, 3.05) is 27.7 Å². The molecule has 0 spiro atoms. The Balaban J connectivity index is 2.98. The molecule has 1 aromatic rings. The zero-order valence-corrected chi connectivity index (χ0v) is 14.0. The second-order valence-electron chi connectivity index (χ2n) is 4.88. The summed E-state index contributed by atoms with van der Waals surface area (Å²) in [5.41, 5.74) is 0.998. The number of halogens is 1. The molecule has 0 aliphatic carbocycles. The Kier molecular flexibility index (Phi) is 6.78. The molecule has 1 N–H and O–H groups in total. The lowest BCUT2D eigenvalue weighted by Gasteiger charge is -2.21. The maximum Gasteiger partial charge on any atom is 0.262 e. The summed E-state index contributed by atoms with van der Waals surface area (Å²) in [5.74, 6) is 0.778. The van der Waals surface area contributed by atoms with Gasteiger partial charge in [0.15, 0.2) is 17.6 Å². The van der Waals surface area contributed by atoms with Crippen LogP contribution in [-0.4, -0.2) is 44.7 Å². The summed E-state index contributed by atoms with van der Waals surface area (Å²) in [6, 6.07) is 3.67. The molecule has 0 aliphatic rings. The van der Waals surface area contributed by atoms with Gasteiger partial charge in [0.05, 0.1) is 12.1 Å². The minimum atomic E-state index is -0.633. The molecule has 0 radical (unpaired) electrons. The highest BCUT2D eigenvalue weighted by atomic mass is 35.5. The van der Waals surface area contributed by atoms with Gasteiger partial charge in [-0.15, -0.1) is 0 Å². The predicted octanol–water partition coefficient (Wildman–Crippen LogP) is 2.31. The van der Waals surface area contributed by atoms with Crippen LogP contribution < -0.4 is 14.8 Å². The third-order valence-corrected chi connectivity index (χ3v) is 3.23. The molecule has 0 heterocycles. The van der Waals surface area contributed by atoms with Crippen molar-refractivity contribution in [3.05, 3.63) is 22.7 Å². The van der Waals surface area contributed by atoms with E-state index in [1.165, 1.54) is 4.90 Å². The van der Waals surface area contributed by atoms with Crippen molar-refractivity contribution < 1.29 is 14.3 Å². The van der Waals surface area contributed by atoms with E-state index in [1.807, 2.05) is 19.1 Å². The van der Waals surface area contributed by atoms with Gasteiger partial charge < -0.3 is 19.7 Å². The molecule has 118 valence electrons. The molecule has 0 fully saturated rings. The average molecular weight is 315 g/mol. The lowest BCUT2D eigenvalue weighted by atomic mass is 10.2. The molecule has 0 bridgehead atoms. The van der Waals surface area contributed by atoms with Crippen LogP contribution in [0, 0.1) is 0 Å². The highest BCUT2D eigenvalue weighted by Crippen LogP contribution is 2.37. The van der Waals surface area contributed by atoms with E-state index < -0.39 is 6.10 Å². The van der Waals surface area contributed by atoms with Crippen LogP contribution in [0.5, 0.6) is 11.5 Å². The lowest BCUT2D eigenvalue weighted by Crippen LogP contribution is -2.35. The van der Waals surface area contributed by atoms with E-state index in [4.69, 9.17) is 21.1 Å². The number of rotatable bonds is 7. The summed E-state index contributed by atoms with van der Waals surface area (Å²) in [7, 11) is 4.91. The number of benzene rings is 1. The number of hydrogen-bond acceptors (Lipinski definition) is 4. The monoisotopic (exact) mass is 314 g/mol. The van der Waals surface area contributed by atoms with Gasteiger partial charge in [-0.1, -0.05) is 18.5 Å². The molecule has 5 nitrogen and oxygen atoms in total. The average Bonchev–Trinajstić information content (AvgIpc) is 2.45. The van der Waals surface area contributed by atoms with Gasteiger partial charge in [-0.2, -0.15) is 0 Å². The summed E-state index contributed by atoms with van der Waals surface area (Å²) < 4.78 is 11.0. The first kappa shape index (κ1) is 17.6. The number of carbonyl (C=O) groups excluding carboxylic acids is 1. The number of nitrogens with zero attached hydrogens (tertiary/aromatic N) is 1. The first-order valence-corrected chi connectivity index (χ1v) is 7.23. The van der Waals surface area contributed by atoms with Gasteiger partial charge >= 0.3 is 0 Å². The standard InChI is InChI=1S/C15H23ClN2O3/c1-6-17-9-11-7-12(16)14(13(8-11)20-5)21-10(2)15(19)18(3)4/h7-8,10,17H,6,9H2,1-5H3. The molecule has 0 saturated heterocycles. The Bertz CT molecular complexity index is 492. The summed E-state index contributed by atoms with van der Waals surface area (Å²) in [6.45, 7) is 5.28. The van der Waals surface area contributed by atoms with Crippen LogP contribution in [-0.2, 0) is 11.3 Å². The minimum absolute atomic E-state index is 0.134. The zero-order valence-electron chi connectivity index (χ0n) is 13.2. The summed E-state index contributed by atoms with van der Waals surface area (Å²) in [6.07, 6.45) is -0.633. The summed E-state index contributed by atoms with van der Waals surface area (Å²) in [5, 5.41) is 3.65. The molecule has 0 saturated carbocycles. The van der Waals surface area contributed by atoms with E-state index >= 15 is 0 Å². The van der Waals surface area contributed by atoms with Crippen molar-refractivity contribution in [1.29, 1.82) is 0 Å². The van der Waals surface area contributed by atoms with E-state index in [9.17, 15) is 4.79 Å². The van der Waals surface area contributed by atoms with Gasteiger partial charge in [0.1, 0.15) is 0 Å². The summed E-state index contributed by atoms with van der Waals surface area (Å²) >= 11 is 6.26. The van der Waals surface area contributed by atoms with Crippen LogP contribution in [0.3, 0.4) is 0 Å². The number of hydrogen-bond donors (Lipinski definition) is 1. The van der Waals surface area contributed by atoms with Crippen molar-refractivity contribution in [2.24, 2.45) is 0 Å². The number of likely N-dealkylation sites (N-methyl/N-ethyl adjacent to an activating group) is 1. The van der Waals surface area contributed by atoms with Crippen molar-refractivity contribution in [3.63, 3.8) is 0 Å². The van der Waals surface area contributed by atoms with Gasteiger partial charge in [0.25, 0.3) is 5.91 Å². The van der Waals surface area contributed by atoms with E-state index in [0.29, 0.717) is 23.1 Å². The fraction of sp³-hybridized carbons (Fsp3) is 0.533. The zero-order chi connectivity index (χ0) is 16.0. The smallest absolute Gasteiger partial charge is 0.262 e. The fourth-order valence-electron chi connectivity index (χ4n) is 1.85. The van der Waals surface area contributed by atoms with Crippen molar-refractivity contribution in [2.45, 2.75) is 26.5 Å². The van der Waals surface area contributed by atoms with Gasteiger partial charge in [-0.05, 0) is 31.2 Å². The van der Waals surface area contributed by atoms with Gasteiger partial charge in [-0.25, -0.2) is 0 Å². The van der Waals surface area contributed by atoms with Gasteiger partial charge in [0, 0.05) is 20.6 Å². The molecule has 1 rings (SSSR count). The highest BCUT2D eigenvalue weighted by molar-refractivity contribution is 6.32. The fourth-order valence-corrected chi connectivity index (χ4v) is 2.13. The molecule has 21 heavy (non-hydrogen) atoms. The molecular formula is C15H23ClN2O3. The van der Waals surface area contributed by atoms with Crippen LogP contribution in [0.25, 0.3) is 0 Å². The maximum absolute atomic E-state index is 11.9. The second-order valence-corrected chi connectivity index (χ2v) is 5.29. The lowest BCUT2D eigenvalue weighted by molar-refractivity contribution is -0.135. The van der Waals surface area contributed by atoms with Crippen LogP contribution >= 0.6 is 11.6 Å². The van der Waals surface area contributed by atoms with Crippen molar-refractivity contribution >= 4 is 17.5 Å². The van der Waals surface area contributed by atoms with Crippen molar-refractivity contribution in [3.8, 4) is 11.5 Å². The topological polar surface area (TPSA) is 50.8 Å². The SMILES string of the molecule is CCNCc1cc(Cl)c(OC(C)C(=O)N(C)C)c(OC)c1. The largest absolute Gasteiger partial charge is 0.493 e. The first-order chi connectivity index (χ1) is 9.90. The van der Waals surface area contributed by atoms with E-state index in [-0.39, 0.29) is 5.91 Å². The van der Waals surface area contributed by atoms with Crippen LogP contribution in [0.15, 0.2) is 12.1 Å². The first-order valence-electron chi connectivity index (χ1n) is 6.85. The Morgan fingerprint density at radius 1 is 1.43 bits per heavy atom. The molecule has 1 unspecified atom stereocenters. The summed E-state index contributed by atoms with van der Waals surface area (Å²) in [4.78, 5) is 13.4. The third kappa shape index (κ3) is 4.79.